The van der Waals surface area contributed by atoms with Crippen LogP contribution in [0.5, 0.6) is 0 Å². The fourth-order valence-corrected chi connectivity index (χ4v) is 5.30. The lowest BCUT2D eigenvalue weighted by Crippen LogP contribution is -2.49. The molecule has 0 bridgehead atoms. The molecule has 0 saturated carbocycles. The Hall–Kier alpha value is -3.35. The standard InChI is InChI=1S/C28H34N2O5/c1-17(2)25(13-26(31)30-14-18(3)12-19(15-30)27(32)33)29-28(34)35-16-24-22-10-6-4-8-20(22)21-9-5-7-11-23(21)24/h4-11,17-19,24-25H,12-16H2,1-3H3,(H,29,34)(H,32,33)/t18?,19?,25-/m0/s1. The number of carbonyl (C=O) groups excluding carboxylic acids is 2. The molecule has 0 aromatic heterocycles. The van der Waals surface area contributed by atoms with Crippen molar-refractivity contribution < 1.29 is 24.2 Å². The number of carbonyl (C=O) groups is 3. The van der Waals surface area contributed by atoms with Gasteiger partial charge >= 0.3 is 12.1 Å². The molecule has 4 rings (SSSR count). The summed E-state index contributed by atoms with van der Waals surface area (Å²) in [6, 6.07) is 15.9. The van der Waals surface area contributed by atoms with E-state index in [1.807, 2.05) is 45.0 Å². The van der Waals surface area contributed by atoms with Crippen molar-refractivity contribution >= 4 is 18.0 Å². The molecular formula is C28H34N2O5. The molecule has 1 heterocycles. The molecule has 2 unspecified atom stereocenters. The first-order chi connectivity index (χ1) is 16.7. The van der Waals surface area contributed by atoms with Crippen LogP contribution in [0.15, 0.2) is 48.5 Å². The number of hydrogen-bond acceptors (Lipinski definition) is 4. The minimum atomic E-state index is -0.869. The quantitative estimate of drug-likeness (QED) is 0.611. The molecule has 2 aromatic rings. The summed E-state index contributed by atoms with van der Waals surface area (Å²) in [5, 5.41) is 12.3. The third-order valence-electron chi connectivity index (χ3n) is 7.21. The number of rotatable bonds is 7. The minimum absolute atomic E-state index is 0.0110. The lowest BCUT2D eigenvalue weighted by Gasteiger charge is -2.36. The number of piperidine rings is 1. The van der Waals surface area contributed by atoms with Gasteiger partial charge in [-0.3, -0.25) is 9.59 Å². The molecule has 2 aromatic carbocycles. The van der Waals surface area contributed by atoms with E-state index in [0.29, 0.717) is 13.0 Å². The fraction of sp³-hybridized carbons (Fsp3) is 0.464. The lowest BCUT2D eigenvalue weighted by molar-refractivity contribution is -0.147. The lowest BCUT2D eigenvalue weighted by atomic mass is 9.90. The molecule has 1 aliphatic heterocycles. The van der Waals surface area contributed by atoms with E-state index in [1.165, 1.54) is 0 Å². The summed E-state index contributed by atoms with van der Waals surface area (Å²) in [7, 11) is 0. The average Bonchev–Trinajstić information content (AvgIpc) is 3.15. The van der Waals surface area contributed by atoms with Crippen molar-refractivity contribution in [3.8, 4) is 11.1 Å². The second-order valence-corrected chi connectivity index (χ2v) is 10.2. The summed E-state index contributed by atoms with van der Waals surface area (Å²) in [5.74, 6) is -1.45. The number of benzene rings is 2. The van der Waals surface area contributed by atoms with Crippen molar-refractivity contribution in [3.63, 3.8) is 0 Å². The Morgan fingerprint density at radius 1 is 1.03 bits per heavy atom. The zero-order valence-electron chi connectivity index (χ0n) is 20.6. The first-order valence-electron chi connectivity index (χ1n) is 12.4. The topological polar surface area (TPSA) is 95.9 Å². The van der Waals surface area contributed by atoms with Gasteiger partial charge in [-0.1, -0.05) is 69.3 Å². The second kappa shape index (κ2) is 10.5. The number of carboxylic acid groups (broad SMARTS) is 1. The maximum atomic E-state index is 13.0. The van der Waals surface area contributed by atoms with E-state index in [1.54, 1.807) is 4.90 Å². The van der Waals surface area contributed by atoms with Crippen molar-refractivity contribution in [2.45, 2.75) is 45.6 Å². The van der Waals surface area contributed by atoms with Crippen molar-refractivity contribution in [2.75, 3.05) is 19.7 Å². The van der Waals surface area contributed by atoms with Gasteiger partial charge in [0.15, 0.2) is 0 Å². The zero-order chi connectivity index (χ0) is 25.1. The number of amides is 2. The maximum absolute atomic E-state index is 13.0. The highest BCUT2D eigenvalue weighted by atomic mass is 16.5. The molecule has 1 saturated heterocycles. The van der Waals surface area contributed by atoms with Gasteiger partial charge in [-0.25, -0.2) is 4.79 Å². The predicted octanol–water partition coefficient (Wildman–Crippen LogP) is 4.51. The number of alkyl carbamates (subject to hydrolysis) is 1. The van der Waals surface area contributed by atoms with Gasteiger partial charge in [-0.15, -0.1) is 0 Å². The van der Waals surface area contributed by atoms with Crippen LogP contribution >= 0.6 is 0 Å². The molecule has 2 N–H and O–H groups in total. The summed E-state index contributed by atoms with van der Waals surface area (Å²) >= 11 is 0. The number of fused-ring (bicyclic) bond motifs is 3. The largest absolute Gasteiger partial charge is 0.481 e. The predicted molar refractivity (Wildman–Crippen MR) is 133 cm³/mol. The SMILES string of the molecule is CC1CC(C(=O)O)CN(C(=O)C[C@H](NC(=O)OCC2c3ccccc3-c3ccccc32)C(C)C)C1. The molecule has 7 heteroatoms. The molecule has 7 nitrogen and oxygen atoms in total. The Morgan fingerprint density at radius 2 is 1.63 bits per heavy atom. The van der Waals surface area contributed by atoms with Gasteiger partial charge in [0.1, 0.15) is 6.61 Å². The third kappa shape index (κ3) is 5.50. The van der Waals surface area contributed by atoms with Gasteiger partial charge in [0, 0.05) is 31.5 Å². The molecule has 0 radical (unpaired) electrons. The molecule has 35 heavy (non-hydrogen) atoms. The number of ether oxygens (including phenoxy) is 1. The van der Waals surface area contributed by atoms with E-state index in [-0.39, 0.29) is 43.2 Å². The van der Waals surface area contributed by atoms with Crippen LogP contribution in [0, 0.1) is 17.8 Å². The van der Waals surface area contributed by atoms with Crippen LogP contribution in [-0.4, -0.2) is 53.7 Å². The normalized spacial score (nSPS) is 20.2. The van der Waals surface area contributed by atoms with E-state index < -0.39 is 24.0 Å². The van der Waals surface area contributed by atoms with Gasteiger partial charge < -0.3 is 20.1 Å². The van der Waals surface area contributed by atoms with E-state index in [2.05, 4.69) is 29.6 Å². The van der Waals surface area contributed by atoms with Crippen molar-refractivity contribution in [3.05, 3.63) is 59.7 Å². The van der Waals surface area contributed by atoms with Crippen LogP contribution < -0.4 is 5.32 Å². The Kier molecular flexibility index (Phi) is 7.43. The smallest absolute Gasteiger partial charge is 0.407 e. The number of likely N-dealkylation sites (tertiary alicyclic amines) is 1. The molecule has 1 fully saturated rings. The van der Waals surface area contributed by atoms with Crippen LogP contribution in [0.2, 0.25) is 0 Å². The van der Waals surface area contributed by atoms with Crippen LogP contribution in [0.4, 0.5) is 4.79 Å². The first kappa shape index (κ1) is 24.8. The zero-order valence-corrected chi connectivity index (χ0v) is 20.6. The van der Waals surface area contributed by atoms with Crippen LogP contribution in [0.25, 0.3) is 11.1 Å². The van der Waals surface area contributed by atoms with Crippen molar-refractivity contribution in [2.24, 2.45) is 17.8 Å². The van der Waals surface area contributed by atoms with Crippen molar-refractivity contribution in [1.29, 1.82) is 0 Å². The molecule has 1 aliphatic carbocycles. The maximum Gasteiger partial charge on any atom is 0.407 e. The van der Waals surface area contributed by atoms with Gasteiger partial charge in [0.2, 0.25) is 5.91 Å². The number of carboxylic acids is 1. The average molecular weight is 479 g/mol. The Labute approximate surface area is 206 Å². The molecule has 0 spiro atoms. The third-order valence-corrected chi connectivity index (χ3v) is 7.21. The highest BCUT2D eigenvalue weighted by molar-refractivity contribution is 5.80. The van der Waals surface area contributed by atoms with Crippen LogP contribution in [-0.2, 0) is 14.3 Å². The van der Waals surface area contributed by atoms with Gasteiger partial charge in [-0.05, 0) is 40.5 Å². The summed E-state index contributed by atoms with van der Waals surface area (Å²) < 4.78 is 5.66. The number of hydrogen-bond donors (Lipinski definition) is 2. The Morgan fingerprint density at radius 3 is 2.20 bits per heavy atom. The van der Waals surface area contributed by atoms with E-state index in [9.17, 15) is 19.5 Å². The molecule has 2 aliphatic rings. The Balaban J connectivity index is 1.37. The molecular weight excluding hydrogens is 444 g/mol. The summed E-state index contributed by atoms with van der Waals surface area (Å²) in [5.41, 5.74) is 4.62. The second-order valence-electron chi connectivity index (χ2n) is 10.2. The summed E-state index contributed by atoms with van der Waals surface area (Å²) in [6.45, 7) is 6.82. The summed E-state index contributed by atoms with van der Waals surface area (Å²) in [4.78, 5) is 38.8. The molecule has 2 amide bonds. The van der Waals surface area contributed by atoms with Crippen LogP contribution in [0.1, 0.15) is 50.7 Å². The summed E-state index contributed by atoms with van der Waals surface area (Å²) in [6.07, 6.45) is 0.139. The molecule has 186 valence electrons. The highest BCUT2D eigenvalue weighted by Gasteiger charge is 2.34. The van der Waals surface area contributed by atoms with E-state index in [0.717, 1.165) is 22.3 Å². The monoisotopic (exact) mass is 478 g/mol. The Bertz CT molecular complexity index is 1050. The van der Waals surface area contributed by atoms with E-state index in [4.69, 9.17) is 4.74 Å². The highest BCUT2D eigenvalue weighted by Crippen LogP contribution is 2.44. The van der Waals surface area contributed by atoms with Gasteiger partial charge in [-0.2, -0.15) is 0 Å². The first-order valence-corrected chi connectivity index (χ1v) is 12.4. The molecule has 3 atom stereocenters. The fourth-order valence-electron chi connectivity index (χ4n) is 5.30. The number of nitrogens with zero attached hydrogens (tertiary/aromatic N) is 1. The van der Waals surface area contributed by atoms with Gasteiger partial charge in [0.05, 0.1) is 5.92 Å². The number of nitrogens with one attached hydrogen (secondary N) is 1. The van der Waals surface area contributed by atoms with E-state index >= 15 is 0 Å². The number of aliphatic carboxylic acids is 1. The minimum Gasteiger partial charge on any atom is -0.481 e. The van der Waals surface area contributed by atoms with Crippen LogP contribution in [0.3, 0.4) is 0 Å². The van der Waals surface area contributed by atoms with Crippen molar-refractivity contribution in [1.82, 2.24) is 10.2 Å². The van der Waals surface area contributed by atoms with Gasteiger partial charge in [0.25, 0.3) is 0 Å².